The Morgan fingerprint density at radius 3 is 2.52 bits per heavy atom. The molecule has 1 heterocycles. The van der Waals surface area contributed by atoms with Crippen molar-refractivity contribution in [2.45, 2.75) is 25.3 Å². The van der Waals surface area contributed by atoms with E-state index in [0.29, 0.717) is 0 Å². The normalized spacial score (nSPS) is 18.4. The van der Waals surface area contributed by atoms with Gasteiger partial charge in [0.1, 0.15) is 0 Å². The van der Waals surface area contributed by atoms with Gasteiger partial charge in [0.15, 0.2) is 0 Å². The Hall–Kier alpha value is -0.140. The number of rotatable bonds is 4. The molecule has 1 aliphatic heterocycles. The van der Waals surface area contributed by atoms with E-state index in [-0.39, 0.29) is 11.2 Å². The molecule has 5 nitrogen and oxygen atoms in total. The summed E-state index contributed by atoms with van der Waals surface area (Å²) >= 11 is 4.48. The second kappa shape index (κ2) is 10.6. The van der Waals surface area contributed by atoms with Crippen molar-refractivity contribution in [2.75, 3.05) is 12.3 Å². The molecule has 21 heavy (non-hydrogen) atoms. The standard InChI is InChI=1S/C13H17NO2S.H3O2PS/c15-13(11-5-2-1-3-6-11)17-10-8-12-7-4-9-14(12)16;1-3(2)4/h1-3,5-6,12,16H,4,7-10H2;1-2,4H. The third-order valence-electron chi connectivity index (χ3n) is 3.04. The molecule has 0 spiro atoms. The topological polar surface area (TPSA) is 81.0 Å². The Morgan fingerprint density at radius 2 is 2.00 bits per heavy atom. The summed E-state index contributed by atoms with van der Waals surface area (Å²) < 4.78 is 0. The molecule has 3 N–H and O–H groups in total. The van der Waals surface area contributed by atoms with Gasteiger partial charge < -0.3 is 15.0 Å². The quantitative estimate of drug-likeness (QED) is 0.494. The fraction of sp³-hybridized carbons (Fsp3) is 0.462. The number of carbonyl (C=O) groups excluding carboxylic acids is 1. The van der Waals surface area contributed by atoms with Gasteiger partial charge in [0.05, 0.1) is 0 Å². The summed E-state index contributed by atoms with van der Waals surface area (Å²) in [6.07, 6.45) is 2.97. The molecule has 2 rings (SSSR count). The Morgan fingerprint density at radius 1 is 1.38 bits per heavy atom. The van der Waals surface area contributed by atoms with Gasteiger partial charge in [0.2, 0.25) is 12.7 Å². The summed E-state index contributed by atoms with van der Waals surface area (Å²) in [5, 5.41) is 11.0. The number of thioether (sulfide) groups is 1. The zero-order valence-electron chi connectivity index (χ0n) is 11.5. The van der Waals surface area contributed by atoms with Gasteiger partial charge in [0, 0.05) is 23.9 Å². The van der Waals surface area contributed by atoms with Crippen LogP contribution in [0.3, 0.4) is 0 Å². The summed E-state index contributed by atoms with van der Waals surface area (Å²) in [7, 11) is -1.93. The number of benzene rings is 1. The number of hydrogen-bond acceptors (Lipinski definition) is 7. The van der Waals surface area contributed by atoms with E-state index in [2.05, 4.69) is 12.2 Å². The highest BCUT2D eigenvalue weighted by molar-refractivity contribution is 8.41. The van der Waals surface area contributed by atoms with E-state index in [1.54, 1.807) is 0 Å². The van der Waals surface area contributed by atoms with Crippen LogP contribution >= 0.6 is 31.6 Å². The predicted octanol–water partition coefficient (Wildman–Crippen LogP) is 2.93. The zero-order chi connectivity index (χ0) is 15.7. The molecule has 1 aromatic rings. The van der Waals surface area contributed by atoms with E-state index in [4.69, 9.17) is 9.79 Å². The maximum absolute atomic E-state index is 11.8. The summed E-state index contributed by atoms with van der Waals surface area (Å²) in [5.74, 6) is 0.773. The molecule has 0 radical (unpaired) electrons. The van der Waals surface area contributed by atoms with E-state index in [1.165, 1.54) is 16.8 Å². The van der Waals surface area contributed by atoms with Gasteiger partial charge in [-0.05, 0) is 19.3 Å². The summed E-state index contributed by atoms with van der Waals surface area (Å²) in [6.45, 7) is 0.766. The molecule has 1 aromatic carbocycles. The lowest BCUT2D eigenvalue weighted by molar-refractivity contribution is -0.102. The van der Waals surface area contributed by atoms with Crippen LogP contribution in [0.25, 0.3) is 0 Å². The van der Waals surface area contributed by atoms with Gasteiger partial charge in [0.25, 0.3) is 0 Å². The Kier molecular flexibility index (Phi) is 9.51. The van der Waals surface area contributed by atoms with Crippen LogP contribution in [-0.2, 0) is 0 Å². The number of thiol groups is 1. The van der Waals surface area contributed by atoms with Gasteiger partial charge >= 0.3 is 0 Å². The average molecular weight is 349 g/mol. The number of carbonyl (C=O) groups is 1. The van der Waals surface area contributed by atoms with E-state index in [1.807, 2.05) is 30.3 Å². The fourth-order valence-corrected chi connectivity index (χ4v) is 2.94. The van der Waals surface area contributed by atoms with Crippen molar-refractivity contribution in [3.63, 3.8) is 0 Å². The second-order valence-corrected chi connectivity index (χ2v) is 7.20. The Balaban J connectivity index is 0.000000491. The molecule has 1 atom stereocenters. The molecule has 0 saturated carbocycles. The lowest BCUT2D eigenvalue weighted by atomic mass is 10.2. The minimum Gasteiger partial charge on any atom is -0.342 e. The van der Waals surface area contributed by atoms with E-state index < -0.39 is 7.58 Å². The molecule has 0 bridgehead atoms. The summed E-state index contributed by atoms with van der Waals surface area (Å²) in [6, 6.07) is 9.57. The van der Waals surface area contributed by atoms with E-state index >= 15 is 0 Å². The summed E-state index contributed by atoms with van der Waals surface area (Å²) in [4.78, 5) is 26.9. The first-order chi connectivity index (χ1) is 10.0. The molecule has 1 saturated heterocycles. The molecular formula is C13H20NO4PS2. The Bertz CT molecular complexity index is 419. The zero-order valence-corrected chi connectivity index (χ0v) is 14.1. The maximum Gasteiger partial charge on any atom is 0.229 e. The van der Waals surface area contributed by atoms with Crippen LogP contribution in [0.15, 0.2) is 30.3 Å². The van der Waals surface area contributed by atoms with Crippen molar-refractivity contribution >= 4 is 36.7 Å². The van der Waals surface area contributed by atoms with Crippen LogP contribution in [0, 0.1) is 0 Å². The van der Waals surface area contributed by atoms with E-state index in [0.717, 1.165) is 37.1 Å². The lowest BCUT2D eigenvalue weighted by Crippen LogP contribution is -2.26. The van der Waals surface area contributed by atoms with Gasteiger partial charge in [-0.3, -0.25) is 4.79 Å². The van der Waals surface area contributed by atoms with Crippen molar-refractivity contribution < 1.29 is 19.8 Å². The molecular weight excluding hydrogens is 329 g/mol. The van der Waals surface area contributed by atoms with Crippen LogP contribution in [0.4, 0.5) is 0 Å². The molecule has 118 valence electrons. The van der Waals surface area contributed by atoms with Crippen molar-refractivity contribution in [3.8, 4) is 0 Å². The van der Waals surface area contributed by atoms with Crippen molar-refractivity contribution in [1.29, 1.82) is 0 Å². The monoisotopic (exact) mass is 349 g/mol. The fourth-order valence-electron chi connectivity index (χ4n) is 2.06. The third kappa shape index (κ3) is 8.16. The lowest BCUT2D eigenvalue weighted by Gasteiger charge is -2.16. The van der Waals surface area contributed by atoms with Crippen molar-refractivity contribution in [2.24, 2.45) is 0 Å². The SMILES string of the molecule is O=C(SCCC1CCCN1O)c1ccccc1.OP(O)S. The van der Waals surface area contributed by atoms with Crippen LogP contribution in [0.5, 0.6) is 0 Å². The second-order valence-electron chi connectivity index (χ2n) is 4.52. The van der Waals surface area contributed by atoms with Crippen LogP contribution in [0.2, 0.25) is 0 Å². The van der Waals surface area contributed by atoms with Crippen molar-refractivity contribution in [3.05, 3.63) is 35.9 Å². The number of nitrogens with zero attached hydrogens (tertiary/aromatic N) is 1. The smallest absolute Gasteiger partial charge is 0.229 e. The molecule has 0 aliphatic carbocycles. The number of hydroxylamine groups is 2. The van der Waals surface area contributed by atoms with Crippen LogP contribution in [0.1, 0.15) is 29.6 Å². The Labute approximate surface area is 135 Å². The molecule has 0 aromatic heterocycles. The van der Waals surface area contributed by atoms with Gasteiger partial charge in [-0.25, -0.2) is 0 Å². The highest BCUT2D eigenvalue weighted by atomic mass is 32.7. The first-order valence-electron chi connectivity index (χ1n) is 6.55. The van der Waals surface area contributed by atoms with Crippen LogP contribution in [-0.4, -0.2) is 43.5 Å². The highest BCUT2D eigenvalue weighted by Crippen LogP contribution is 2.27. The van der Waals surface area contributed by atoms with Gasteiger partial charge in [-0.2, -0.15) is 5.06 Å². The first-order valence-corrected chi connectivity index (χ1v) is 9.93. The van der Waals surface area contributed by atoms with Crippen molar-refractivity contribution in [1.82, 2.24) is 5.06 Å². The third-order valence-corrected chi connectivity index (χ3v) is 3.98. The predicted molar refractivity (Wildman–Crippen MR) is 89.7 cm³/mol. The minimum atomic E-state index is -1.93. The minimum absolute atomic E-state index is 0.119. The van der Waals surface area contributed by atoms with E-state index in [9.17, 15) is 10.0 Å². The largest absolute Gasteiger partial charge is 0.342 e. The molecule has 1 aliphatic rings. The van der Waals surface area contributed by atoms with Gasteiger partial charge in [-0.15, -0.1) is 0 Å². The molecule has 1 unspecified atom stereocenters. The highest BCUT2D eigenvalue weighted by Gasteiger charge is 2.22. The maximum atomic E-state index is 11.8. The van der Waals surface area contributed by atoms with Gasteiger partial charge in [-0.1, -0.05) is 54.3 Å². The molecule has 1 fully saturated rings. The first kappa shape index (κ1) is 18.9. The molecule has 8 heteroatoms. The molecule has 0 amide bonds. The average Bonchev–Trinajstić information content (AvgIpc) is 2.85. The number of hydrogen-bond donors (Lipinski definition) is 4. The van der Waals surface area contributed by atoms with Crippen LogP contribution < -0.4 is 0 Å². The summed E-state index contributed by atoms with van der Waals surface area (Å²) in [5.41, 5.74) is 0.754.